The summed E-state index contributed by atoms with van der Waals surface area (Å²) < 4.78 is 6.02. The molecule has 2 aromatic rings. The number of amides is 1. The first-order valence-corrected chi connectivity index (χ1v) is 8.27. The van der Waals surface area contributed by atoms with E-state index in [4.69, 9.17) is 4.74 Å². The summed E-state index contributed by atoms with van der Waals surface area (Å²) in [7, 11) is 0. The van der Waals surface area contributed by atoms with Crippen molar-refractivity contribution in [2.24, 2.45) is 0 Å². The minimum atomic E-state index is -0.608. The molecule has 10 heteroatoms. The van der Waals surface area contributed by atoms with Gasteiger partial charge in [0.2, 0.25) is 0 Å². The quantitative estimate of drug-likeness (QED) is 0.649. The van der Waals surface area contributed by atoms with E-state index in [0.717, 1.165) is 10.6 Å². The van der Waals surface area contributed by atoms with Crippen LogP contribution in [-0.2, 0) is 4.74 Å². The lowest BCUT2D eigenvalue weighted by molar-refractivity contribution is -0.384. The highest BCUT2D eigenvalue weighted by molar-refractivity contribution is 5.79. The topological polar surface area (TPSA) is 128 Å². The van der Waals surface area contributed by atoms with E-state index >= 15 is 0 Å². The first-order chi connectivity index (χ1) is 12.4. The van der Waals surface area contributed by atoms with Gasteiger partial charge in [0.15, 0.2) is 0 Å². The zero-order chi connectivity index (χ0) is 18.8. The molecule has 1 unspecified atom stereocenters. The number of rotatable bonds is 3. The fourth-order valence-electron chi connectivity index (χ4n) is 3.21. The molecular formula is C16H18N4O6. The molecule has 3 rings (SSSR count). The molecule has 0 radical (unpaired) electrons. The molecule has 1 fully saturated rings. The van der Waals surface area contributed by atoms with Crippen molar-refractivity contribution in [3.05, 3.63) is 49.2 Å². The van der Waals surface area contributed by atoms with Crippen LogP contribution in [0.25, 0.3) is 10.9 Å². The number of ether oxygens (including phenoxy) is 1. The van der Waals surface area contributed by atoms with E-state index in [2.05, 4.69) is 4.98 Å². The fraction of sp³-hybridized carbons (Fsp3) is 0.438. The molecule has 1 amide bonds. The van der Waals surface area contributed by atoms with E-state index in [-0.39, 0.29) is 29.7 Å². The zero-order valence-electron chi connectivity index (χ0n) is 14.1. The number of piperidine rings is 1. The van der Waals surface area contributed by atoms with Crippen molar-refractivity contribution in [2.75, 3.05) is 19.7 Å². The minimum Gasteiger partial charge on any atom is -0.450 e. The molecule has 1 atom stereocenters. The van der Waals surface area contributed by atoms with Crippen molar-refractivity contribution in [3.8, 4) is 0 Å². The predicted octanol–water partition coefficient (Wildman–Crippen LogP) is 1.39. The molecule has 0 bridgehead atoms. The van der Waals surface area contributed by atoms with E-state index in [9.17, 15) is 24.5 Å². The van der Waals surface area contributed by atoms with E-state index in [1.54, 1.807) is 6.92 Å². The van der Waals surface area contributed by atoms with Gasteiger partial charge in [0.1, 0.15) is 0 Å². The number of likely N-dealkylation sites (tertiary alicyclic amines) is 1. The van der Waals surface area contributed by atoms with Crippen molar-refractivity contribution < 1.29 is 14.5 Å². The summed E-state index contributed by atoms with van der Waals surface area (Å²) >= 11 is 0. The summed E-state index contributed by atoms with van der Waals surface area (Å²) in [4.78, 5) is 51.6. The van der Waals surface area contributed by atoms with E-state index in [1.807, 2.05) is 0 Å². The van der Waals surface area contributed by atoms with Gasteiger partial charge in [-0.25, -0.2) is 9.59 Å². The number of carbonyl (C=O) groups is 1. The van der Waals surface area contributed by atoms with Crippen LogP contribution in [0.3, 0.4) is 0 Å². The average molecular weight is 362 g/mol. The molecule has 1 aliphatic rings. The van der Waals surface area contributed by atoms with Crippen LogP contribution < -0.4 is 11.2 Å². The maximum Gasteiger partial charge on any atom is 0.409 e. The van der Waals surface area contributed by atoms with Gasteiger partial charge in [0.05, 0.1) is 28.5 Å². The zero-order valence-corrected chi connectivity index (χ0v) is 14.1. The Labute approximate surface area is 147 Å². The van der Waals surface area contributed by atoms with Crippen molar-refractivity contribution in [1.82, 2.24) is 14.5 Å². The Hall–Kier alpha value is -3.17. The van der Waals surface area contributed by atoms with Gasteiger partial charge in [-0.15, -0.1) is 0 Å². The molecule has 2 heterocycles. The monoisotopic (exact) mass is 362 g/mol. The number of nitro groups is 1. The number of carbonyl (C=O) groups excluding carboxylic acids is 1. The van der Waals surface area contributed by atoms with E-state index < -0.39 is 28.3 Å². The highest BCUT2D eigenvalue weighted by Crippen LogP contribution is 2.21. The number of fused-ring (bicyclic) bond motifs is 1. The number of aromatic nitrogens is 2. The summed E-state index contributed by atoms with van der Waals surface area (Å²) in [6.45, 7) is 2.59. The number of non-ortho nitro benzene ring substituents is 1. The minimum absolute atomic E-state index is 0.0621. The van der Waals surface area contributed by atoms with Crippen LogP contribution in [0.2, 0.25) is 0 Å². The van der Waals surface area contributed by atoms with Crippen LogP contribution in [0.5, 0.6) is 0 Å². The van der Waals surface area contributed by atoms with Gasteiger partial charge in [-0.1, -0.05) is 0 Å². The maximum absolute atomic E-state index is 12.8. The lowest BCUT2D eigenvalue weighted by Gasteiger charge is -2.32. The highest BCUT2D eigenvalue weighted by atomic mass is 16.6. The van der Waals surface area contributed by atoms with Gasteiger partial charge in [0.25, 0.3) is 11.2 Å². The molecule has 10 nitrogen and oxygen atoms in total. The molecule has 138 valence electrons. The van der Waals surface area contributed by atoms with Crippen molar-refractivity contribution in [1.29, 1.82) is 0 Å². The first kappa shape index (κ1) is 17.6. The number of benzene rings is 1. The van der Waals surface area contributed by atoms with Crippen LogP contribution in [0, 0.1) is 10.1 Å². The summed E-state index contributed by atoms with van der Waals surface area (Å²) in [6.07, 6.45) is 0.667. The van der Waals surface area contributed by atoms with Crippen LogP contribution in [0.15, 0.2) is 27.8 Å². The molecule has 1 N–H and O–H groups in total. The van der Waals surface area contributed by atoms with Crippen LogP contribution in [0.1, 0.15) is 25.8 Å². The van der Waals surface area contributed by atoms with Crippen molar-refractivity contribution >= 4 is 22.7 Å². The maximum atomic E-state index is 12.8. The third kappa shape index (κ3) is 3.17. The number of nitrogens with zero attached hydrogens (tertiary/aromatic N) is 3. The molecule has 1 aromatic carbocycles. The van der Waals surface area contributed by atoms with Crippen molar-refractivity contribution in [3.63, 3.8) is 0 Å². The van der Waals surface area contributed by atoms with Gasteiger partial charge < -0.3 is 14.6 Å². The SMILES string of the molecule is CCOC(=O)N1CCCC(n2c(=O)[nH]c3ccc([N+](=O)[O-])cc3c2=O)C1. The molecule has 0 saturated carbocycles. The van der Waals surface area contributed by atoms with Crippen LogP contribution in [-0.4, -0.2) is 45.2 Å². The molecule has 1 saturated heterocycles. The molecule has 1 aliphatic heterocycles. The van der Waals surface area contributed by atoms with Gasteiger partial charge >= 0.3 is 11.8 Å². The Kier molecular flexibility index (Phi) is 4.74. The molecule has 0 aliphatic carbocycles. The van der Waals surface area contributed by atoms with E-state index in [1.165, 1.54) is 17.0 Å². The summed E-state index contributed by atoms with van der Waals surface area (Å²) in [6, 6.07) is 3.20. The molecule has 26 heavy (non-hydrogen) atoms. The summed E-state index contributed by atoms with van der Waals surface area (Å²) in [5.41, 5.74) is -1.21. The van der Waals surface area contributed by atoms with Gasteiger partial charge in [-0.3, -0.25) is 19.5 Å². The molecule has 1 aromatic heterocycles. The normalized spacial score (nSPS) is 17.3. The number of H-pyrrole nitrogens is 1. The third-order valence-electron chi connectivity index (χ3n) is 4.41. The molecular weight excluding hydrogens is 344 g/mol. The number of hydrogen-bond donors (Lipinski definition) is 1. The predicted molar refractivity (Wildman–Crippen MR) is 92.3 cm³/mol. The van der Waals surface area contributed by atoms with E-state index in [0.29, 0.717) is 19.4 Å². The van der Waals surface area contributed by atoms with Crippen molar-refractivity contribution in [2.45, 2.75) is 25.8 Å². The third-order valence-corrected chi connectivity index (χ3v) is 4.41. The Morgan fingerprint density at radius 3 is 2.88 bits per heavy atom. The largest absolute Gasteiger partial charge is 0.450 e. The van der Waals surface area contributed by atoms with Crippen LogP contribution >= 0.6 is 0 Å². The summed E-state index contributed by atoms with van der Waals surface area (Å²) in [5, 5.41) is 11.0. The second-order valence-electron chi connectivity index (χ2n) is 6.03. The Bertz CT molecular complexity index is 979. The lowest BCUT2D eigenvalue weighted by Crippen LogP contribution is -2.47. The fourth-order valence-corrected chi connectivity index (χ4v) is 3.21. The average Bonchev–Trinajstić information content (AvgIpc) is 2.62. The first-order valence-electron chi connectivity index (χ1n) is 8.27. The Balaban J connectivity index is 2.04. The second-order valence-corrected chi connectivity index (χ2v) is 6.03. The standard InChI is InChI=1S/C16H18N4O6/c1-2-26-16(23)18-7-3-4-11(9-18)19-14(21)12-8-10(20(24)25)5-6-13(12)17-15(19)22/h5-6,8,11H,2-4,7,9H2,1H3,(H,17,22). The second kappa shape index (κ2) is 6.98. The number of aromatic amines is 1. The van der Waals surface area contributed by atoms with Gasteiger partial charge in [-0.2, -0.15) is 0 Å². The number of nitro benzene ring substituents is 1. The Morgan fingerprint density at radius 2 is 2.19 bits per heavy atom. The lowest BCUT2D eigenvalue weighted by atomic mass is 10.1. The number of nitrogens with one attached hydrogen (secondary N) is 1. The summed E-state index contributed by atoms with van der Waals surface area (Å²) in [5.74, 6) is 0. The molecule has 0 spiro atoms. The number of hydrogen-bond acceptors (Lipinski definition) is 6. The van der Waals surface area contributed by atoms with Gasteiger partial charge in [0, 0.05) is 25.2 Å². The van der Waals surface area contributed by atoms with Crippen LogP contribution in [0.4, 0.5) is 10.5 Å². The smallest absolute Gasteiger partial charge is 0.409 e. The Morgan fingerprint density at radius 1 is 1.42 bits per heavy atom. The highest BCUT2D eigenvalue weighted by Gasteiger charge is 2.28. The van der Waals surface area contributed by atoms with Gasteiger partial charge in [-0.05, 0) is 25.8 Å².